The molecule has 0 amide bonds. The Morgan fingerprint density at radius 2 is 0.918 bits per heavy atom. The number of carbonyl (C=O) groups is 2. The maximum atomic E-state index is 12.3. The Hall–Kier alpha value is -0.470. The van der Waals surface area contributed by atoms with Gasteiger partial charge in [-0.1, -0.05) is 141 Å². The van der Waals surface area contributed by atoms with Crippen LogP contribution in [0, 0.1) is 0 Å². The summed E-state index contributed by atoms with van der Waals surface area (Å²) in [5, 5.41) is 0. The number of hydrogen-bond acceptors (Lipinski definition) is 7. The molecule has 0 heterocycles. The van der Waals surface area contributed by atoms with Gasteiger partial charge in [-0.3, -0.25) is 14.2 Å². The molecule has 1 N–H and O–H groups in total. The number of ether oxygens (including phenoxy) is 2. The molecule has 0 spiro atoms. The second kappa shape index (κ2) is 38.8. The van der Waals surface area contributed by atoms with Gasteiger partial charge in [-0.05, 0) is 64.2 Å². The molecule has 10 heteroatoms. The molecule has 0 aromatic heterocycles. The van der Waals surface area contributed by atoms with Gasteiger partial charge >= 0.3 is 41.5 Å². The number of allylic oxidation sites excluding steroid dienone is 4. The van der Waals surface area contributed by atoms with E-state index in [0.717, 1.165) is 64.2 Å². The molecule has 0 aromatic carbocycles. The van der Waals surface area contributed by atoms with Crippen LogP contribution in [0.25, 0.3) is 0 Å². The number of esters is 2. The molecule has 0 aliphatic rings. The number of phosphoric ester groups is 1. The number of carbonyl (C=O) groups excluding carboxylic acids is 2. The van der Waals surface area contributed by atoms with Crippen molar-refractivity contribution in [2.24, 2.45) is 0 Å². The topological polar surface area (TPSA) is 122 Å². The van der Waals surface area contributed by atoms with Crippen LogP contribution in [0.1, 0.15) is 194 Å². The van der Waals surface area contributed by atoms with E-state index >= 15 is 0 Å². The summed E-state index contributed by atoms with van der Waals surface area (Å²) in [5.74, 6) is -0.937. The maximum absolute atomic E-state index is 12.3. The van der Waals surface area contributed by atoms with Crippen LogP contribution in [0.15, 0.2) is 24.3 Å². The molecular weight excluding hydrogens is 650 g/mol. The quantitative estimate of drug-likeness (QED) is 0.0227. The first kappa shape index (κ1) is 50.6. The summed E-state index contributed by atoms with van der Waals surface area (Å²) in [5.41, 5.74) is 0. The number of unbranched alkanes of at least 4 members (excludes halogenated alkanes) is 22. The van der Waals surface area contributed by atoms with Gasteiger partial charge in [0.25, 0.3) is 7.82 Å². The van der Waals surface area contributed by atoms with Crippen LogP contribution in [0.2, 0.25) is 0 Å². The van der Waals surface area contributed by atoms with Crippen molar-refractivity contribution in [2.75, 3.05) is 13.2 Å². The summed E-state index contributed by atoms with van der Waals surface area (Å²) < 4.78 is 26.0. The Balaban J connectivity index is 0. The second-order valence-electron chi connectivity index (χ2n) is 13.2. The molecule has 0 saturated heterocycles. The van der Waals surface area contributed by atoms with Crippen molar-refractivity contribution in [2.45, 2.75) is 200 Å². The van der Waals surface area contributed by atoms with E-state index in [9.17, 15) is 19.0 Å². The standard InChI is InChI=1S/C39H73O8P.Na/c1-3-5-7-9-11-13-15-17-19-21-23-25-27-29-31-33-38(40)45-35-37(36-46-48(42,43)44)47-39(41)34-32-30-28-26-24-22-20-18-16-14-12-10-8-6-4-2;/h17-20,37H,3-16,21-36H2,1-2H3,(H2,42,43,44);/q;+1/p-1. The van der Waals surface area contributed by atoms with Crippen molar-refractivity contribution in [1.29, 1.82) is 0 Å². The largest absolute Gasteiger partial charge is 1.00 e. The molecule has 49 heavy (non-hydrogen) atoms. The summed E-state index contributed by atoms with van der Waals surface area (Å²) >= 11 is 0. The third kappa shape index (κ3) is 41.8. The first-order valence-corrected chi connectivity index (χ1v) is 21.1. The molecule has 0 radical (unpaired) electrons. The summed E-state index contributed by atoms with van der Waals surface area (Å²) in [4.78, 5) is 44.6. The van der Waals surface area contributed by atoms with Crippen LogP contribution in [0.4, 0.5) is 0 Å². The van der Waals surface area contributed by atoms with Crippen molar-refractivity contribution in [1.82, 2.24) is 0 Å². The van der Waals surface area contributed by atoms with Crippen LogP contribution in [0.3, 0.4) is 0 Å². The van der Waals surface area contributed by atoms with E-state index in [2.05, 4.69) is 42.7 Å². The second-order valence-corrected chi connectivity index (χ2v) is 14.4. The molecule has 0 fully saturated rings. The smallest absolute Gasteiger partial charge is 0.756 e. The van der Waals surface area contributed by atoms with E-state index in [-0.39, 0.29) is 49.0 Å². The van der Waals surface area contributed by atoms with Gasteiger partial charge in [0.1, 0.15) is 6.61 Å². The van der Waals surface area contributed by atoms with Gasteiger partial charge < -0.3 is 23.8 Å². The van der Waals surface area contributed by atoms with Crippen molar-refractivity contribution < 1.29 is 67.5 Å². The van der Waals surface area contributed by atoms with Crippen LogP contribution in [0.5, 0.6) is 0 Å². The van der Waals surface area contributed by atoms with Crippen molar-refractivity contribution >= 4 is 19.8 Å². The van der Waals surface area contributed by atoms with Gasteiger partial charge in [0, 0.05) is 12.8 Å². The van der Waals surface area contributed by atoms with Crippen LogP contribution in [-0.2, 0) is 28.2 Å². The average Bonchev–Trinajstić information content (AvgIpc) is 3.05. The molecule has 2 unspecified atom stereocenters. The molecule has 8 nitrogen and oxygen atoms in total. The summed E-state index contributed by atoms with van der Waals surface area (Å²) in [7, 11) is -5.00. The minimum absolute atomic E-state index is 0. The minimum Gasteiger partial charge on any atom is -0.756 e. The van der Waals surface area contributed by atoms with E-state index in [1.807, 2.05) is 0 Å². The molecular formula is C39H72NaO8P. The van der Waals surface area contributed by atoms with E-state index in [1.165, 1.54) is 89.9 Å². The van der Waals surface area contributed by atoms with Crippen molar-refractivity contribution in [3.05, 3.63) is 24.3 Å². The molecule has 282 valence electrons. The first-order valence-electron chi connectivity index (χ1n) is 19.6. The zero-order valence-electron chi connectivity index (χ0n) is 31.9. The Bertz CT molecular complexity index is 845. The van der Waals surface area contributed by atoms with E-state index < -0.39 is 32.5 Å². The fraction of sp³-hybridized carbons (Fsp3) is 0.846. The molecule has 2 atom stereocenters. The van der Waals surface area contributed by atoms with Crippen molar-refractivity contribution in [3.8, 4) is 0 Å². The summed E-state index contributed by atoms with van der Waals surface area (Å²) in [6.07, 6.45) is 38.7. The Morgan fingerprint density at radius 1 is 0.571 bits per heavy atom. The van der Waals surface area contributed by atoms with Crippen molar-refractivity contribution in [3.63, 3.8) is 0 Å². The van der Waals surface area contributed by atoms with Crippen LogP contribution >= 0.6 is 7.82 Å². The normalized spacial score (nSPS) is 13.4. The fourth-order valence-electron chi connectivity index (χ4n) is 5.48. The van der Waals surface area contributed by atoms with E-state index in [0.29, 0.717) is 12.8 Å². The molecule has 0 saturated carbocycles. The molecule has 0 rings (SSSR count). The Morgan fingerprint density at radius 3 is 1.31 bits per heavy atom. The van der Waals surface area contributed by atoms with Gasteiger partial charge in [-0.15, -0.1) is 0 Å². The van der Waals surface area contributed by atoms with E-state index in [4.69, 9.17) is 14.4 Å². The predicted octanol–water partition coefficient (Wildman–Crippen LogP) is 8.00. The van der Waals surface area contributed by atoms with E-state index in [1.54, 1.807) is 0 Å². The summed E-state index contributed by atoms with van der Waals surface area (Å²) in [6, 6.07) is 0. The SMILES string of the molecule is CCCCCCCCC=CCCCCCCCC(=O)OCC(COP(=O)([O-])O)OC(=O)CCCCCCCC=CCCCCCCCC.[Na+]. The molecule has 0 aliphatic carbocycles. The zero-order valence-corrected chi connectivity index (χ0v) is 34.7. The molecule has 0 aromatic rings. The third-order valence-electron chi connectivity index (χ3n) is 8.44. The summed E-state index contributed by atoms with van der Waals surface area (Å²) in [6.45, 7) is 3.57. The van der Waals surface area contributed by atoms with Crippen LogP contribution in [-0.4, -0.2) is 36.1 Å². The van der Waals surface area contributed by atoms with Gasteiger partial charge in [-0.25, -0.2) is 0 Å². The average molecular weight is 723 g/mol. The Kier molecular flexibility index (Phi) is 40.0. The monoisotopic (exact) mass is 722 g/mol. The zero-order chi connectivity index (χ0) is 35.4. The number of rotatable bonds is 36. The fourth-order valence-corrected chi connectivity index (χ4v) is 5.83. The predicted molar refractivity (Wildman–Crippen MR) is 196 cm³/mol. The number of hydrogen-bond donors (Lipinski definition) is 1. The van der Waals surface area contributed by atoms with Crippen LogP contribution < -0.4 is 34.5 Å². The van der Waals surface area contributed by atoms with Gasteiger partial charge in [0.05, 0.1) is 6.61 Å². The maximum Gasteiger partial charge on any atom is 1.00 e. The number of phosphoric acid groups is 1. The Labute approximate surface area is 322 Å². The molecule has 0 bridgehead atoms. The minimum atomic E-state index is -5.00. The van der Waals surface area contributed by atoms with Gasteiger partial charge in [0.15, 0.2) is 6.10 Å². The van der Waals surface area contributed by atoms with Gasteiger partial charge in [0.2, 0.25) is 0 Å². The third-order valence-corrected chi connectivity index (χ3v) is 8.91. The molecule has 0 aliphatic heterocycles. The first-order chi connectivity index (χ1) is 23.3. The van der Waals surface area contributed by atoms with Gasteiger partial charge in [-0.2, -0.15) is 0 Å².